The third-order valence-corrected chi connectivity index (χ3v) is 5.12. The molecule has 0 aliphatic heterocycles. The van der Waals surface area contributed by atoms with E-state index >= 15 is 0 Å². The highest BCUT2D eigenvalue weighted by molar-refractivity contribution is 7.15. The fourth-order valence-electron chi connectivity index (χ4n) is 2.54. The standard InChI is InChI=1S/C17H18ClN3O2S/c1-10-20-15(16(24-10)12-4-6-13(18)7-5-12)17(23)21(9-14(19)22)8-11-2-3-11/h4-7,11H,2-3,8-9H2,1H3,(H2,19,22). The van der Waals surface area contributed by atoms with Crippen LogP contribution in [0.1, 0.15) is 28.3 Å². The largest absolute Gasteiger partial charge is 0.368 e. The predicted octanol–water partition coefficient (Wildman–Crippen LogP) is 3.11. The first kappa shape index (κ1) is 16.9. The van der Waals surface area contributed by atoms with E-state index in [2.05, 4.69) is 4.98 Å². The average Bonchev–Trinajstić information content (AvgIpc) is 3.26. The van der Waals surface area contributed by atoms with Gasteiger partial charge >= 0.3 is 0 Å². The number of halogens is 1. The Morgan fingerprint density at radius 1 is 1.33 bits per heavy atom. The molecular formula is C17H18ClN3O2S. The minimum atomic E-state index is -0.510. The Morgan fingerprint density at radius 2 is 2.00 bits per heavy atom. The molecule has 1 aromatic carbocycles. The first-order valence-electron chi connectivity index (χ1n) is 7.75. The lowest BCUT2D eigenvalue weighted by molar-refractivity contribution is -0.118. The number of nitrogens with zero attached hydrogens (tertiary/aromatic N) is 2. The summed E-state index contributed by atoms with van der Waals surface area (Å²) in [7, 11) is 0. The summed E-state index contributed by atoms with van der Waals surface area (Å²) in [4.78, 5) is 31.0. The Hall–Kier alpha value is -1.92. The van der Waals surface area contributed by atoms with Gasteiger partial charge < -0.3 is 10.6 Å². The maximum Gasteiger partial charge on any atom is 0.274 e. The molecule has 0 saturated heterocycles. The number of carbonyl (C=O) groups excluding carboxylic acids is 2. The van der Waals surface area contributed by atoms with Gasteiger partial charge in [-0.1, -0.05) is 23.7 Å². The number of benzene rings is 1. The van der Waals surface area contributed by atoms with Crippen molar-refractivity contribution in [3.05, 3.63) is 40.0 Å². The molecule has 0 bridgehead atoms. The van der Waals surface area contributed by atoms with Crippen molar-refractivity contribution in [1.82, 2.24) is 9.88 Å². The Balaban J connectivity index is 1.93. The van der Waals surface area contributed by atoms with Gasteiger partial charge in [0.15, 0.2) is 0 Å². The fourth-order valence-corrected chi connectivity index (χ4v) is 3.58. The van der Waals surface area contributed by atoms with Crippen molar-refractivity contribution < 1.29 is 9.59 Å². The van der Waals surface area contributed by atoms with Crippen LogP contribution < -0.4 is 5.73 Å². The summed E-state index contributed by atoms with van der Waals surface area (Å²) in [6.07, 6.45) is 2.17. The van der Waals surface area contributed by atoms with E-state index in [1.807, 2.05) is 19.1 Å². The molecule has 1 fully saturated rings. The molecule has 1 heterocycles. The first-order valence-corrected chi connectivity index (χ1v) is 8.94. The Kier molecular flexibility index (Phi) is 4.87. The molecule has 1 saturated carbocycles. The molecule has 1 aliphatic rings. The molecule has 0 spiro atoms. The van der Waals surface area contributed by atoms with Crippen molar-refractivity contribution >= 4 is 34.8 Å². The number of aryl methyl sites for hydroxylation is 1. The summed E-state index contributed by atoms with van der Waals surface area (Å²) in [5.74, 6) is -0.286. The van der Waals surface area contributed by atoms with Crippen LogP contribution in [0, 0.1) is 12.8 Å². The van der Waals surface area contributed by atoms with E-state index in [-0.39, 0.29) is 12.5 Å². The molecule has 5 nitrogen and oxygen atoms in total. The summed E-state index contributed by atoms with van der Waals surface area (Å²) in [5.41, 5.74) is 6.58. The van der Waals surface area contributed by atoms with E-state index in [0.29, 0.717) is 23.2 Å². The number of hydrogen-bond donors (Lipinski definition) is 1. The summed E-state index contributed by atoms with van der Waals surface area (Å²) in [6.45, 7) is 2.34. The maximum absolute atomic E-state index is 13.0. The van der Waals surface area contributed by atoms with Crippen molar-refractivity contribution in [2.45, 2.75) is 19.8 Å². The lowest BCUT2D eigenvalue weighted by Crippen LogP contribution is -2.40. The van der Waals surface area contributed by atoms with Crippen molar-refractivity contribution in [2.75, 3.05) is 13.1 Å². The number of nitrogens with two attached hydrogens (primary N) is 1. The number of aromatic nitrogens is 1. The second kappa shape index (κ2) is 6.91. The molecule has 3 rings (SSSR count). The van der Waals surface area contributed by atoms with E-state index in [1.165, 1.54) is 16.2 Å². The Morgan fingerprint density at radius 3 is 2.58 bits per heavy atom. The van der Waals surface area contributed by atoms with Crippen LogP contribution in [-0.4, -0.2) is 34.8 Å². The predicted molar refractivity (Wildman–Crippen MR) is 95.1 cm³/mol. The average molecular weight is 364 g/mol. The lowest BCUT2D eigenvalue weighted by Gasteiger charge is -2.20. The minimum absolute atomic E-state index is 0.0774. The van der Waals surface area contributed by atoms with Crippen LogP contribution in [0.15, 0.2) is 24.3 Å². The number of thiazole rings is 1. The van der Waals surface area contributed by atoms with Crippen molar-refractivity contribution in [3.8, 4) is 10.4 Å². The van der Waals surface area contributed by atoms with Gasteiger partial charge in [-0.15, -0.1) is 11.3 Å². The second-order valence-corrected chi connectivity index (χ2v) is 7.65. The van der Waals surface area contributed by atoms with Crippen LogP contribution >= 0.6 is 22.9 Å². The third-order valence-electron chi connectivity index (χ3n) is 3.85. The van der Waals surface area contributed by atoms with Gasteiger partial charge in [-0.05, 0) is 43.4 Å². The van der Waals surface area contributed by atoms with Gasteiger partial charge in [0.1, 0.15) is 5.69 Å². The molecule has 0 unspecified atom stereocenters. The summed E-state index contributed by atoms with van der Waals surface area (Å²) in [5, 5.41) is 1.44. The molecule has 0 atom stereocenters. The van der Waals surface area contributed by atoms with E-state index in [1.54, 1.807) is 12.1 Å². The molecule has 0 radical (unpaired) electrons. The van der Waals surface area contributed by atoms with E-state index < -0.39 is 5.91 Å². The number of primary amides is 1. The van der Waals surface area contributed by atoms with Gasteiger partial charge in [0.25, 0.3) is 5.91 Å². The van der Waals surface area contributed by atoms with Crippen LogP contribution in [0.3, 0.4) is 0 Å². The number of amides is 2. The van der Waals surface area contributed by atoms with Crippen LogP contribution in [0.2, 0.25) is 5.02 Å². The SMILES string of the molecule is Cc1nc(C(=O)N(CC(N)=O)CC2CC2)c(-c2ccc(Cl)cc2)s1. The summed E-state index contributed by atoms with van der Waals surface area (Å²) < 4.78 is 0. The fraction of sp³-hybridized carbons (Fsp3) is 0.353. The zero-order chi connectivity index (χ0) is 17.3. The zero-order valence-electron chi connectivity index (χ0n) is 13.3. The highest BCUT2D eigenvalue weighted by Gasteiger charge is 2.30. The van der Waals surface area contributed by atoms with Crippen LogP contribution in [0.4, 0.5) is 0 Å². The molecular weight excluding hydrogens is 346 g/mol. The van der Waals surface area contributed by atoms with Gasteiger partial charge in [-0.2, -0.15) is 0 Å². The maximum atomic E-state index is 13.0. The molecule has 24 heavy (non-hydrogen) atoms. The normalized spacial score (nSPS) is 13.8. The Labute approximate surface area is 149 Å². The molecule has 126 valence electrons. The molecule has 2 aromatic rings. The zero-order valence-corrected chi connectivity index (χ0v) is 14.9. The highest BCUT2D eigenvalue weighted by Crippen LogP contribution is 2.33. The third kappa shape index (κ3) is 3.94. The highest BCUT2D eigenvalue weighted by atomic mass is 35.5. The molecule has 7 heteroatoms. The van der Waals surface area contributed by atoms with Crippen molar-refractivity contribution in [1.29, 1.82) is 0 Å². The van der Waals surface area contributed by atoms with Crippen LogP contribution in [-0.2, 0) is 4.79 Å². The van der Waals surface area contributed by atoms with Gasteiger partial charge in [-0.3, -0.25) is 9.59 Å². The van der Waals surface area contributed by atoms with E-state index in [4.69, 9.17) is 17.3 Å². The lowest BCUT2D eigenvalue weighted by atomic mass is 10.1. The topological polar surface area (TPSA) is 76.3 Å². The van der Waals surface area contributed by atoms with Gasteiger partial charge in [0, 0.05) is 11.6 Å². The number of rotatable bonds is 6. The molecule has 2 amide bonds. The quantitative estimate of drug-likeness (QED) is 0.856. The first-order chi connectivity index (χ1) is 11.4. The molecule has 1 aromatic heterocycles. The summed E-state index contributed by atoms with van der Waals surface area (Å²) in [6, 6.07) is 7.30. The number of hydrogen-bond acceptors (Lipinski definition) is 4. The van der Waals surface area contributed by atoms with Crippen molar-refractivity contribution in [2.24, 2.45) is 11.7 Å². The summed E-state index contributed by atoms with van der Waals surface area (Å²) >= 11 is 7.39. The monoisotopic (exact) mass is 363 g/mol. The second-order valence-electron chi connectivity index (χ2n) is 6.01. The van der Waals surface area contributed by atoms with E-state index in [9.17, 15) is 9.59 Å². The number of carbonyl (C=O) groups is 2. The molecule has 1 aliphatic carbocycles. The minimum Gasteiger partial charge on any atom is -0.368 e. The van der Waals surface area contributed by atoms with Crippen LogP contribution in [0.25, 0.3) is 10.4 Å². The van der Waals surface area contributed by atoms with Gasteiger partial charge in [0.2, 0.25) is 5.91 Å². The Bertz CT molecular complexity index is 769. The molecule has 2 N–H and O–H groups in total. The smallest absolute Gasteiger partial charge is 0.274 e. The van der Waals surface area contributed by atoms with Gasteiger partial charge in [-0.25, -0.2) is 4.98 Å². The van der Waals surface area contributed by atoms with Crippen LogP contribution in [0.5, 0.6) is 0 Å². The van der Waals surface area contributed by atoms with Gasteiger partial charge in [0.05, 0.1) is 16.4 Å². The van der Waals surface area contributed by atoms with Crippen molar-refractivity contribution in [3.63, 3.8) is 0 Å². The van der Waals surface area contributed by atoms with E-state index in [0.717, 1.165) is 28.3 Å².